The number of ether oxygens (including phenoxy) is 1. The van der Waals surface area contributed by atoms with E-state index in [1.165, 1.54) is 6.07 Å². The lowest BCUT2D eigenvalue weighted by Gasteiger charge is -2.14. The highest BCUT2D eigenvalue weighted by molar-refractivity contribution is 6.04. The molecule has 5 heteroatoms. The van der Waals surface area contributed by atoms with Gasteiger partial charge in [0, 0.05) is 28.6 Å². The highest BCUT2D eigenvalue weighted by Crippen LogP contribution is 2.26. The molecule has 0 aliphatic carbocycles. The van der Waals surface area contributed by atoms with Crippen LogP contribution in [0, 0.1) is 12.7 Å². The second-order valence-corrected chi connectivity index (χ2v) is 4.75. The predicted octanol–water partition coefficient (Wildman–Crippen LogP) is 2.54. The Kier molecular flexibility index (Phi) is 3.48. The lowest BCUT2D eigenvalue weighted by atomic mass is 10.0. The minimum absolute atomic E-state index is 0.0135. The van der Waals surface area contributed by atoms with Crippen LogP contribution < -0.4 is 0 Å². The minimum Gasteiger partial charge on any atom is -0.458 e. The van der Waals surface area contributed by atoms with Gasteiger partial charge in [0.15, 0.2) is 0 Å². The van der Waals surface area contributed by atoms with Gasteiger partial charge < -0.3 is 4.74 Å². The third kappa shape index (κ3) is 2.67. The molecule has 1 aromatic carbocycles. The topological polar surface area (TPSA) is 51.5 Å². The normalized spacial score (nSPS) is 14.6. The van der Waals surface area contributed by atoms with E-state index in [0.29, 0.717) is 16.8 Å². The molecule has 0 atom stereocenters. The summed E-state index contributed by atoms with van der Waals surface area (Å²) >= 11 is 0. The molecule has 1 aliphatic heterocycles. The molecule has 3 rings (SSSR count). The van der Waals surface area contributed by atoms with Gasteiger partial charge in [0.25, 0.3) is 0 Å². The number of benzene rings is 1. The monoisotopic (exact) mass is 284 g/mol. The summed E-state index contributed by atoms with van der Waals surface area (Å²) in [6, 6.07) is 8.51. The smallest absolute Gasteiger partial charge is 0.328 e. The highest BCUT2D eigenvalue weighted by atomic mass is 19.1. The highest BCUT2D eigenvalue weighted by Gasteiger charge is 2.16. The minimum atomic E-state index is -0.359. The molecule has 0 spiro atoms. The van der Waals surface area contributed by atoms with Crippen molar-refractivity contribution in [2.45, 2.75) is 6.92 Å². The number of hydrogen-bond donors (Lipinski definition) is 0. The fraction of sp³-hybridized carbons (Fsp3) is 0.188. The van der Waals surface area contributed by atoms with Gasteiger partial charge in [0.05, 0.1) is 5.71 Å². The van der Waals surface area contributed by atoms with Gasteiger partial charge in [-0.25, -0.2) is 4.39 Å². The summed E-state index contributed by atoms with van der Waals surface area (Å²) in [6.07, 6.45) is 1.68. The molecule has 0 saturated carbocycles. The van der Waals surface area contributed by atoms with Crippen LogP contribution in [0.25, 0.3) is 11.1 Å². The first kappa shape index (κ1) is 13.4. The summed E-state index contributed by atoms with van der Waals surface area (Å²) in [5.41, 5.74) is 3.25. The average Bonchev–Trinajstić information content (AvgIpc) is 2.49. The molecular formula is C16H13FN2O2. The van der Waals surface area contributed by atoms with E-state index in [9.17, 15) is 9.18 Å². The average molecular weight is 284 g/mol. The number of aryl methyl sites for hydroxylation is 1. The number of hydrogen-bond acceptors (Lipinski definition) is 4. The molecule has 0 amide bonds. The number of esters is 1. The van der Waals surface area contributed by atoms with Crippen molar-refractivity contribution in [3.05, 3.63) is 53.6 Å². The van der Waals surface area contributed by atoms with Crippen LogP contribution in [0.3, 0.4) is 0 Å². The number of rotatable bonds is 2. The third-order valence-corrected chi connectivity index (χ3v) is 3.37. The Hall–Kier alpha value is -2.56. The van der Waals surface area contributed by atoms with Gasteiger partial charge in [-0.3, -0.25) is 14.8 Å². The fourth-order valence-electron chi connectivity index (χ4n) is 2.26. The molecule has 0 saturated heterocycles. The predicted molar refractivity (Wildman–Crippen MR) is 76.7 cm³/mol. The SMILES string of the molecule is Cc1ncccc1-c1ccc(C2=NCC(=O)OC2)cc1F. The number of nitrogens with zero attached hydrogens (tertiary/aromatic N) is 2. The van der Waals surface area contributed by atoms with Crippen molar-refractivity contribution in [1.82, 2.24) is 4.98 Å². The summed E-state index contributed by atoms with van der Waals surface area (Å²) in [6.45, 7) is 1.91. The van der Waals surface area contributed by atoms with Crippen LogP contribution in [0.2, 0.25) is 0 Å². The molecule has 1 aromatic heterocycles. The van der Waals surface area contributed by atoms with Crippen molar-refractivity contribution in [2.24, 2.45) is 4.99 Å². The van der Waals surface area contributed by atoms with Crippen LogP contribution in [0.5, 0.6) is 0 Å². The van der Waals surface area contributed by atoms with Gasteiger partial charge >= 0.3 is 5.97 Å². The van der Waals surface area contributed by atoms with Crippen LogP contribution in [0.15, 0.2) is 41.5 Å². The number of carbonyl (C=O) groups excluding carboxylic acids is 1. The van der Waals surface area contributed by atoms with Gasteiger partial charge in [-0.15, -0.1) is 0 Å². The molecule has 2 heterocycles. The first-order chi connectivity index (χ1) is 10.1. The van der Waals surface area contributed by atoms with Crippen molar-refractivity contribution < 1.29 is 13.9 Å². The van der Waals surface area contributed by atoms with Crippen molar-refractivity contribution in [3.8, 4) is 11.1 Å². The summed E-state index contributed by atoms with van der Waals surface area (Å²) in [7, 11) is 0. The molecule has 106 valence electrons. The van der Waals surface area contributed by atoms with Crippen LogP contribution in [0.4, 0.5) is 4.39 Å². The zero-order valence-electron chi connectivity index (χ0n) is 11.5. The van der Waals surface area contributed by atoms with E-state index < -0.39 is 0 Å². The van der Waals surface area contributed by atoms with Gasteiger partial charge in [-0.05, 0) is 19.1 Å². The van der Waals surface area contributed by atoms with Crippen LogP contribution in [0.1, 0.15) is 11.3 Å². The molecule has 0 fully saturated rings. The molecule has 21 heavy (non-hydrogen) atoms. The van der Waals surface area contributed by atoms with Gasteiger partial charge in [0.2, 0.25) is 0 Å². The number of aromatic nitrogens is 1. The Morgan fingerprint density at radius 3 is 2.76 bits per heavy atom. The summed E-state index contributed by atoms with van der Waals surface area (Å²) < 4.78 is 19.3. The molecule has 0 bridgehead atoms. The van der Waals surface area contributed by atoms with E-state index in [-0.39, 0.29) is 24.9 Å². The third-order valence-electron chi connectivity index (χ3n) is 3.37. The first-order valence-corrected chi connectivity index (χ1v) is 6.56. The largest absolute Gasteiger partial charge is 0.458 e. The Morgan fingerprint density at radius 1 is 1.24 bits per heavy atom. The van der Waals surface area contributed by atoms with Crippen LogP contribution in [-0.4, -0.2) is 29.8 Å². The quantitative estimate of drug-likeness (QED) is 0.796. The number of aliphatic imine (C=N–C) groups is 1. The second kappa shape index (κ2) is 5.44. The maximum Gasteiger partial charge on any atom is 0.328 e. The van der Waals surface area contributed by atoms with E-state index in [1.54, 1.807) is 24.4 Å². The summed E-state index contributed by atoms with van der Waals surface area (Å²) in [5, 5.41) is 0. The van der Waals surface area contributed by atoms with E-state index in [0.717, 1.165) is 11.3 Å². The molecule has 0 unspecified atom stereocenters. The van der Waals surface area contributed by atoms with Gasteiger partial charge in [0.1, 0.15) is 19.0 Å². The standard InChI is InChI=1S/C16H13FN2O2/c1-10-12(3-2-6-18-10)13-5-4-11(7-14(13)17)15-9-21-16(20)8-19-15/h2-7H,8-9H2,1H3. The maximum absolute atomic E-state index is 14.4. The van der Waals surface area contributed by atoms with Crippen molar-refractivity contribution in [2.75, 3.05) is 13.2 Å². The van der Waals surface area contributed by atoms with E-state index in [1.807, 2.05) is 13.0 Å². The van der Waals surface area contributed by atoms with E-state index >= 15 is 0 Å². The molecular weight excluding hydrogens is 271 g/mol. The number of cyclic esters (lactones) is 1. The van der Waals surface area contributed by atoms with Crippen LogP contribution >= 0.6 is 0 Å². The molecule has 1 aliphatic rings. The zero-order valence-corrected chi connectivity index (χ0v) is 11.5. The van der Waals surface area contributed by atoms with E-state index in [4.69, 9.17) is 4.74 Å². The van der Waals surface area contributed by atoms with Crippen molar-refractivity contribution >= 4 is 11.7 Å². The number of pyridine rings is 1. The number of carbonyl (C=O) groups is 1. The summed E-state index contributed by atoms with van der Waals surface area (Å²) in [4.78, 5) is 19.2. The van der Waals surface area contributed by atoms with Crippen molar-refractivity contribution in [3.63, 3.8) is 0 Å². The molecule has 2 aromatic rings. The van der Waals surface area contributed by atoms with Crippen LogP contribution in [-0.2, 0) is 9.53 Å². The Bertz CT molecular complexity index is 741. The maximum atomic E-state index is 14.4. The first-order valence-electron chi connectivity index (χ1n) is 6.56. The summed E-state index contributed by atoms with van der Waals surface area (Å²) in [5.74, 6) is -0.704. The fourth-order valence-corrected chi connectivity index (χ4v) is 2.26. The Balaban J connectivity index is 1.97. The lowest BCUT2D eigenvalue weighted by Crippen LogP contribution is -2.23. The van der Waals surface area contributed by atoms with Gasteiger partial charge in [-0.2, -0.15) is 0 Å². The van der Waals surface area contributed by atoms with E-state index in [2.05, 4.69) is 9.98 Å². The molecule has 0 radical (unpaired) electrons. The lowest BCUT2D eigenvalue weighted by molar-refractivity contribution is -0.140. The number of halogens is 1. The Morgan fingerprint density at radius 2 is 2.10 bits per heavy atom. The molecule has 0 N–H and O–H groups in total. The van der Waals surface area contributed by atoms with Crippen molar-refractivity contribution in [1.29, 1.82) is 0 Å². The Labute approximate surface area is 121 Å². The molecule has 4 nitrogen and oxygen atoms in total. The second-order valence-electron chi connectivity index (χ2n) is 4.75. The van der Waals surface area contributed by atoms with Gasteiger partial charge in [-0.1, -0.05) is 18.2 Å². The zero-order chi connectivity index (χ0) is 14.8.